The molecule has 0 aromatic heterocycles. The van der Waals surface area contributed by atoms with E-state index in [9.17, 15) is 0 Å². The van der Waals surface area contributed by atoms with Crippen molar-refractivity contribution in [1.29, 1.82) is 0 Å². The van der Waals surface area contributed by atoms with Gasteiger partial charge in [-0.1, -0.05) is 0 Å². The molecule has 0 aliphatic heterocycles. The maximum absolute atomic E-state index is 2.14. The summed E-state index contributed by atoms with van der Waals surface area (Å²) in [4.78, 5) is 0. The van der Waals surface area contributed by atoms with E-state index < -0.39 is 0 Å². The zero-order valence-electron chi connectivity index (χ0n) is 2.58. The van der Waals surface area contributed by atoms with Crippen LogP contribution in [0.15, 0.2) is 0 Å². The average molecular weight is 267 g/mol. The maximum atomic E-state index is 2.14. The van der Waals surface area contributed by atoms with Gasteiger partial charge in [-0.25, -0.2) is 0 Å². The SMILES string of the molecule is S.[B].[CH3][Pb]. The molecule has 4 heavy (non-hydrogen) atoms. The Morgan fingerprint density at radius 3 is 1.25 bits per heavy atom. The van der Waals surface area contributed by atoms with Gasteiger partial charge in [-0.2, -0.15) is 13.5 Å². The van der Waals surface area contributed by atoms with Gasteiger partial charge in [0.05, 0.1) is 0 Å². The number of hydrogen-bond donors (Lipinski definition) is 0. The summed E-state index contributed by atoms with van der Waals surface area (Å²) in [6.07, 6.45) is 0. The van der Waals surface area contributed by atoms with E-state index in [1.807, 2.05) is 0 Å². The zero-order chi connectivity index (χ0) is 2.00. The molecular formula is CH5BPbS. The van der Waals surface area contributed by atoms with Crippen molar-refractivity contribution in [2.24, 2.45) is 0 Å². The molecule has 0 aromatic rings. The predicted molar refractivity (Wildman–Crippen MR) is 27.8 cm³/mol. The molecule has 0 amide bonds. The summed E-state index contributed by atoms with van der Waals surface area (Å²) in [6.45, 7) is 0. The van der Waals surface area contributed by atoms with Gasteiger partial charge < -0.3 is 0 Å². The zero-order valence-corrected chi connectivity index (χ0v) is 7.46. The van der Waals surface area contributed by atoms with Crippen LogP contribution >= 0.6 is 13.5 Å². The normalized spacial score (nSPS) is 1.50. The van der Waals surface area contributed by atoms with Gasteiger partial charge in [0.25, 0.3) is 0 Å². The number of hydrogen-bond acceptors (Lipinski definition) is 0. The Kier molecular flexibility index (Phi) is 124. The van der Waals surface area contributed by atoms with Crippen molar-refractivity contribution < 1.29 is 0 Å². The van der Waals surface area contributed by atoms with Gasteiger partial charge in [-0.15, -0.1) is 0 Å². The topological polar surface area (TPSA) is 0 Å². The predicted octanol–water partition coefficient (Wildman–Crippen LogP) is -0.0650. The molecule has 0 nitrogen and oxygen atoms in total. The van der Waals surface area contributed by atoms with Crippen molar-refractivity contribution in [3.05, 3.63) is 0 Å². The van der Waals surface area contributed by atoms with Crippen LogP contribution in [-0.2, 0) is 0 Å². The Morgan fingerprint density at radius 1 is 1.25 bits per heavy atom. The molecule has 0 rings (SSSR count). The molecule has 0 saturated heterocycles. The Balaban J connectivity index is -0.00000000500. The molecule has 22 valence electrons. The molecule has 0 bridgehead atoms. The Morgan fingerprint density at radius 2 is 1.25 bits per heavy atom. The third-order valence-electron chi connectivity index (χ3n) is 0. The van der Waals surface area contributed by atoms with Crippen molar-refractivity contribution in [3.8, 4) is 0 Å². The van der Waals surface area contributed by atoms with E-state index in [-0.39, 0.29) is 21.9 Å². The fourth-order valence-corrected chi connectivity index (χ4v) is 0. The van der Waals surface area contributed by atoms with E-state index in [4.69, 9.17) is 0 Å². The number of rotatable bonds is 0. The van der Waals surface area contributed by atoms with Crippen molar-refractivity contribution in [3.63, 3.8) is 0 Å². The molecule has 0 heterocycles. The van der Waals surface area contributed by atoms with Crippen LogP contribution < -0.4 is 0 Å². The van der Waals surface area contributed by atoms with Crippen LogP contribution in [0.3, 0.4) is 0 Å². The second-order valence-electron chi connectivity index (χ2n) is 0. The average Bonchev–Trinajstić information content (AvgIpc) is 1.00. The van der Waals surface area contributed by atoms with Crippen molar-refractivity contribution in [2.75, 3.05) is 0 Å². The van der Waals surface area contributed by atoms with Crippen LogP contribution in [0.25, 0.3) is 0 Å². The van der Waals surface area contributed by atoms with Gasteiger partial charge in [0, 0.05) is 8.41 Å². The molecule has 0 saturated carbocycles. The molecule has 6 radical (unpaired) electrons. The molecule has 0 aromatic carbocycles. The first kappa shape index (κ1) is 18.4. The molecular weight excluding hydrogens is 262 g/mol. The van der Waals surface area contributed by atoms with E-state index in [1.165, 1.54) is 25.8 Å². The Hall–Kier alpha value is 1.34. The first-order chi connectivity index (χ1) is 1.00. The first-order valence-electron chi connectivity index (χ1n) is 0.500. The van der Waals surface area contributed by atoms with Crippen molar-refractivity contribution >= 4 is 47.7 Å². The third-order valence-corrected chi connectivity index (χ3v) is 0. The monoisotopic (exact) mass is 268 g/mol. The molecule has 0 aliphatic rings. The summed E-state index contributed by atoms with van der Waals surface area (Å²) < 4.78 is 2.14. The van der Waals surface area contributed by atoms with E-state index >= 15 is 0 Å². The summed E-state index contributed by atoms with van der Waals surface area (Å²) in [5.41, 5.74) is 0. The van der Waals surface area contributed by atoms with Crippen molar-refractivity contribution in [2.45, 2.75) is 4.48 Å². The van der Waals surface area contributed by atoms with Gasteiger partial charge in [0.1, 0.15) is 0 Å². The third kappa shape index (κ3) is 10.2. The van der Waals surface area contributed by atoms with E-state index in [2.05, 4.69) is 4.48 Å². The summed E-state index contributed by atoms with van der Waals surface area (Å²) >= 11 is 1.31. The first-order valence-corrected chi connectivity index (χ1v) is 4.39. The molecule has 0 aliphatic carbocycles. The summed E-state index contributed by atoms with van der Waals surface area (Å²) in [5.74, 6) is 0. The second kappa shape index (κ2) is 27.0. The molecule has 3 heteroatoms. The summed E-state index contributed by atoms with van der Waals surface area (Å²) in [7, 11) is 0. The summed E-state index contributed by atoms with van der Waals surface area (Å²) in [5, 5.41) is 0. The van der Waals surface area contributed by atoms with Crippen LogP contribution in [0.4, 0.5) is 0 Å². The van der Waals surface area contributed by atoms with Gasteiger partial charge >= 0.3 is 30.3 Å². The molecule has 0 N–H and O–H groups in total. The molecule has 0 spiro atoms. The minimum absolute atomic E-state index is 0. The molecule has 0 fully saturated rings. The van der Waals surface area contributed by atoms with Gasteiger partial charge in [-0.05, 0) is 0 Å². The fourth-order valence-electron chi connectivity index (χ4n) is 0. The van der Waals surface area contributed by atoms with Crippen LogP contribution in [0.5, 0.6) is 0 Å². The van der Waals surface area contributed by atoms with Crippen LogP contribution in [0.1, 0.15) is 0 Å². The standard InChI is InChI=1S/CH3.B.Pb.H2S/h1H3;;;1H2. The quantitative estimate of drug-likeness (QED) is 0.539. The van der Waals surface area contributed by atoms with Crippen LogP contribution in [0, 0.1) is 0 Å². The summed E-state index contributed by atoms with van der Waals surface area (Å²) in [6, 6.07) is 0. The molecule has 0 unspecified atom stereocenters. The van der Waals surface area contributed by atoms with Gasteiger partial charge in [-0.3, -0.25) is 0 Å². The fraction of sp³-hybridized carbons (Fsp3) is 1.00. The van der Waals surface area contributed by atoms with E-state index in [0.29, 0.717) is 0 Å². The van der Waals surface area contributed by atoms with Crippen molar-refractivity contribution in [1.82, 2.24) is 0 Å². The Labute approximate surface area is 52.1 Å². The van der Waals surface area contributed by atoms with Crippen LogP contribution in [0.2, 0.25) is 4.48 Å². The van der Waals surface area contributed by atoms with E-state index in [0.717, 1.165) is 0 Å². The van der Waals surface area contributed by atoms with E-state index in [1.54, 1.807) is 0 Å². The van der Waals surface area contributed by atoms with Gasteiger partial charge in [0.2, 0.25) is 0 Å². The second-order valence-corrected chi connectivity index (χ2v) is 0. The minimum atomic E-state index is 0. The molecule has 0 atom stereocenters. The van der Waals surface area contributed by atoms with Crippen LogP contribution in [-0.4, -0.2) is 34.2 Å². The Bertz CT molecular complexity index is 8.00. The van der Waals surface area contributed by atoms with Gasteiger partial charge in [0.15, 0.2) is 0 Å².